The third-order valence-corrected chi connectivity index (χ3v) is 4.12. The molecule has 2 rings (SSSR count). The van der Waals surface area contributed by atoms with Gasteiger partial charge < -0.3 is 10.6 Å². The van der Waals surface area contributed by atoms with Crippen molar-refractivity contribution >= 4 is 5.91 Å². The van der Waals surface area contributed by atoms with Crippen molar-refractivity contribution in [1.82, 2.24) is 10.6 Å². The van der Waals surface area contributed by atoms with Crippen molar-refractivity contribution in [2.24, 2.45) is 5.92 Å². The summed E-state index contributed by atoms with van der Waals surface area (Å²) >= 11 is 0. The van der Waals surface area contributed by atoms with E-state index in [1.54, 1.807) is 0 Å². The van der Waals surface area contributed by atoms with E-state index in [-0.39, 0.29) is 11.8 Å². The minimum Gasteiger partial charge on any atom is -0.353 e. The van der Waals surface area contributed by atoms with Crippen LogP contribution in [-0.2, 0) is 4.79 Å². The predicted molar refractivity (Wildman–Crippen MR) is 69.7 cm³/mol. The van der Waals surface area contributed by atoms with E-state index in [9.17, 15) is 4.79 Å². The molecule has 96 valence electrons. The third kappa shape index (κ3) is 3.56. The zero-order valence-electron chi connectivity index (χ0n) is 10.7. The molecule has 0 aromatic rings. The van der Waals surface area contributed by atoms with Gasteiger partial charge in [0, 0.05) is 18.0 Å². The van der Waals surface area contributed by atoms with Gasteiger partial charge in [-0.1, -0.05) is 12.2 Å². The van der Waals surface area contributed by atoms with Crippen LogP contribution in [0.25, 0.3) is 0 Å². The third-order valence-electron chi connectivity index (χ3n) is 4.12. The van der Waals surface area contributed by atoms with E-state index in [0.29, 0.717) is 12.1 Å². The quantitative estimate of drug-likeness (QED) is 0.736. The first-order valence-electron chi connectivity index (χ1n) is 6.92. The highest BCUT2D eigenvalue weighted by atomic mass is 16.1. The zero-order chi connectivity index (χ0) is 12.1. The maximum atomic E-state index is 12.1. The van der Waals surface area contributed by atoms with E-state index in [1.165, 1.54) is 12.8 Å². The molecule has 1 fully saturated rings. The summed E-state index contributed by atoms with van der Waals surface area (Å²) in [5.74, 6) is 0.504. The minimum atomic E-state index is 0.224. The summed E-state index contributed by atoms with van der Waals surface area (Å²) in [4.78, 5) is 12.1. The van der Waals surface area contributed by atoms with Gasteiger partial charge in [0.05, 0.1) is 0 Å². The number of carbonyl (C=O) groups is 1. The van der Waals surface area contributed by atoms with Crippen LogP contribution in [0.5, 0.6) is 0 Å². The summed E-state index contributed by atoms with van der Waals surface area (Å²) < 4.78 is 0. The first-order chi connectivity index (χ1) is 8.29. The van der Waals surface area contributed by atoms with Crippen LogP contribution in [0.15, 0.2) is 12.2 Å². The summed E-state index contributed by atoms with van der Waals surface area (Å²) in [5.41, 5.74) is 0. The van der Waals surface area contributed by atoms with E-state index < -0.39 is 0 Å². The maximum absolute atomic E-state index is 12.1. The molecule has 17 heavy (non-hydrogen) atoms. The molecule has 2 aliphatic carbocycles. The Hall–Kier alpha value is -0.830. The fourth-order valence-corrected chi connectivity index (χ4v) is 2.88. The van der Waals surface area contributed by atoms with Crippen LogP contribution in [-0.4, -0.2) is 25.0 Å². The van der Waals surface area contributed by atoms with Crippen LogP contribution in [0, 0.1) is 5.92 Å². The van der Waals surface area contributed by atoms with Crippen molar-refractivity contribution in [3.63, 3.8) is 0 Å². The van der Waals surface area contributed by atoms with Gasteiger partial charge in [0.15, 0.2) is 0 Å². The fraction of sp³-hybridized carbons (Fsp3) is 0.786. The Bertz CT molecular complexity index is 280. The first kappa shape index (κ1) is 12.6. The van der Waals surface area contributed by atoms with Crippen molar-refractivity contribution in [2.45, 2.75) is 57.0 Å². The number of carbonyl (C=O) groups excluding carboxylic acids is 1. The van der Waals surface area contributed by atoms with E-state index in [1.807, 2.05) is 7.05 Å². The molecule has 0 aromatic carbocycles. The van der Waals surface area contributed by atoms with Crippen LogP contribution in [0.4, 0.5) is 0 Å². The highest BCUT2D eigenvalue weighted by Crippen LogP contribution is 2.21. The molecule has 3 nitrogen and oxygen atoms in total. The highest BCUT2D eigenvalue weighted by molar-refractivity contribution is 5.79. The molecule has 2 N–H and O–H groups in total. The fourth-order valence-electron chi connectivity index (χ4n) is 2.88. The number of nitrogens with one attached hydrogen (secondary N) is 2. The van der Waals surface area contributed by atoms with Gasteiger partial charge in [0.25, 0.3) is 0 Å². The van der Waals surface area contributed by atoms with Gasteiger partial charge in [0.2, 0.25) is 5.91 Å². The lowest BCUT2D eigenvalue weighted by atomic mass is 9.89. The van der Waals surface area contributed by atoms with E-state index >= 15 is 0 Å². The van der Waals surface area contributed by atoms with Crippen LogP contribution in [0.1, 0.15) is 44.9 Å². The summed E-state index contributed by atoms with van der Waals surface area (Å²) in [6.07, 6.45) is 12.0. The lowest BCUT2D eigenvalue weighted by Gasteiger charge is -2.30. The van der Waals surface area contributed by atoms with Crippen molar-refractivity contribution in [3.8, 4) is 0 Å². The molecule has 0 spiro atoms. The van der Waals surface area contributed by atoms with E-state index in [0.717, 1.165) is 32.1 Å². The molecular formula is C14H24N2O. The van der Waals surface area contributed by atoms with Gasteiger partial charge >= 0.3 is 0 Å². The number of allylic oxidation sites excluding steroid dienone is 2. The smallest absolute Gasteiger partial charge is 0.223 e. The van der Waals surface area contributed by atoms with E-state index in [4.69, 9.17) is 0 Å². The SMILES string of the molecule is CNC1CCC(NC(=O)C2CC=CCC2)CC1. The number of hydrogen-bond donors (Lipinski definition) is 2. The molecule has 0 saturated heterocycles. The summed E-state index contributed by atoms with van der Waals surface area (Å²) in [6.45, 7) is 0. The molecule has 1 amide bonds. The van der Waals surface area contributed by atoms with Crippen molar-refractivity contribution in [3.05, 3.63) is 12.2 Å². The van der Waals surface area contributed by atoms with E-state index in [2.05, 4.69) is 22.8 Å². The second kappa shape index (κ2) is 6.20. The molecule has 3 heteroatoms. The molecule has 1 unspecified atom stereocenters. The molecule has 0 bridgehead atoms. The summed E-state index contributed by atoms with van der Waals surface area (Å²) in [7, 11) is 2.03. The van der Waals surface area contributed by atoms with Crippen molar-refractivity contribution < 1.29 is 4.79 Å². The van der Waals surface area contributed by atoms with Crippen LogP contribution >= 0.6 is 0 Å². The number of rotatable bonds is 3. The van der Waals surface area contributed by atoms with Crippen LogP contribution in [0.3, 0.4) is 0 Å². The maximum Gasteiger partial charge on any atom is 0.223 e. The van der Waals surface area contributed by atoms with Gasteiger partial charge in [-0.2, -0.15) is 0 Å². The van der Waals surface area contributed by atoms with Gasteiger partial charge in [0.1, 0.15) is 0 Å². The Labute approximate surface area is 104 Å². The molecule has 0 heterocycles. The molecular weight excluding hydrogens is 212 g/mol. The Balaban J connectivity index is 1.73. The molecule has 0 aliphatic heterocycles. The zero-order valence-corrected chi connectivity index (χ0v) is 10.7. The normalized spacial score (nSPS) is 33.4. The molecule has 0 radical (unpaired) electrons. The predicted octanol–water partition coefficient (Wildman–Crippen LogP) is 1.99. The highest BCUT2D eigenvalue weighted by Gasteiger charge is 2.24. The van der Waals surface area contributed by atoms with Crippen LogP contribution in [0.2, 0.25) is 0 Å². The monoisotopic (exact) mass is 236 g/mol. The Morgan fingerprint density at radius 2 is 1.76 bits per heavy atom. The molecule has 1 saturated carbocycles. The molecule has 1 atom stereocenters. The van der Waals surface area contributed by atoms with Gasteiger partial charge in [-0.3, -0.25) is 4.79 Å². The average molecular weight is 236 g/mol. The lowest BCUT2D eigenvalue weighted by Crippen LogP contribution is -2.43. The van der Waals surface area contributed by atoms with Gasteiger partial charge in [-0.25, -0.2) is 0 Å². The molecule has 2 aliphatic rings. The Kier molecular flexibility index (Phi) is 4.60. The standard InChI is InChI=1S/C14H24N2O/c1-15-12-7-9-13(10-8-12)16-14(17)11-5-3-2-4-6-11/h2-3,11-13,15H,4-10H2,1H3,(H,16,17). The van der Waals surface area contributed by atoms with Crippen molar-refractivity contribution in [2.75, 3.05) is 7.05 Å². The molecule has 0 aromatic heterocycles. The topological polar surface area (TPSA) is 41.1 Å². The van der Waals surface area contributed by atoms with Gasteiger partial charge in [-0.15, -0.1) is 0 Å². The minimum absolute atomic E-state index is 0.224. The Morgan fingerprint density at radius 3 is 2.35 bits per heavy atom. The second-order valence-corrected chi connectivity index (χ2v) is 5.33. The second-order valence-electron chi connectivity index (χ2n) is 5.33. The van der Waals surface area contributed by atoms with Crippen LogP contribution < -0.4 is 10.6 Å². The number of amides is 1. The summed E-state index contributed by atoms with van der Waals surface area (Å²) in [5, 5.41) is 6.55. The Morgan fingerprint density at radius 1 is 1.06 bits per heavy atom. The van der Waals surface area contributed by atoms with Gasteiger partial charge in [-0.05, 0) is 52.0 Å². The first-order valence-corrected chi connectivity index (χ1v) is 6.92. The average Bonchev–Trinajstić information content (AvgIpc) is 2.40. The lowest BCUT2D eigenvalue weighted by molar-refractivity contribution is -0.126. The summed E-state index contributed by atoms with van der Waals surface area (Å²) in [6, 6.07) is 1.07. The van der Waals surface area contributed by atoms with Crippen molar-refractivity contribution in [1.29, 1.82) is 0 Å². The number of hydrogen-bond acceptors (Lipinski definition) is 2. The largest absolute Gasteiger partial charge is 0.353 e.